The SMILES string of the molecule is CC(C)CCSc1nc(C(F)(F)F)ccc1CN. The van der Waals surface area contributed by atoms with Crippen molar-refractivity contribution in [3.8, 4) is 0 Å². The van der Waals surface area contributed by atoms with Gasteiger partial charge in [0.15, 0.2) is 0 Å². The molecule has 1 aromatic heterocycles. The number of alkyl halides is 3. The first kappa shape index (κ1) is 15.3. The summed E-state index contributed by atoms with van der Waals surface area (Å²) >= 11 is 1.34. The van der Waals surface area contributed by atoms with Gasteiger partial charge in [0.05, 0.1) is 0 Å². The Morgan fingerprint density at radius 1 is 1.33 bits per heavy atom. The van der Waals surface area contributed by atoms with Crippen molar-refractivity contribution in [2.45, 2.75) is 38.0 Å². The summed E-state index contributed by atoms with van der Waals surface area (Å²) in [6.07, 6.45) is -3.47. The molecule has 6 heteroatoms. The van der Waals surface area contributed by atoms with Crippen LogP contribution < -0.4 is 5.73 Å². The molecule has 0 atom stereocenters. The smallest absolute Gasteiger partial charge is 0.326 e. The third-order valence-corrected chi connectivity index (χ3v) is 3.45. The second-order valence-corrected chi connectivity index (χ2v) is 5.48. The maximum absolute atomic E-state index is 12.6. The molecule has 2 nitrogen and oxygen atoms in total. The largest absolute Gasteiger partial charge is 0.433 e. The molecule has 0 spiro atoms. The van der Waals surface area contributed by atoms with E-state index in [0.717, 1.165) is 18.2 Å². The molecule has 1 heterocycles. The van der Waals surface area contributed by atoms with Crippen molar-refractivity contribution in [3.63, 3.8) is 0 Å². The van der Waals surface area contributed by atoms with Crippen molar-refractivity contribution < 1.29 is 13.2 Å². The number of halogens is 3. The van der Waals surface area contributed by atoms with Gasteiger partial charge in [0.25, 0.3) is 0 Å². The number of pyridine rings is 1. The lowest BCUT2D eigenvalue weighted by Gasteiger charge is -2.11. The van der Waals surface area contributed by atoms with Crippen LogP contribution in [-0.4, -0.2) is 10.7 Å². The van der Waals surface area contributed by atoms with Crippen molar-refractivity contribution in [1.29, 1.82) is 0 Å². The quantitative estimate of drug-likeness (QED) is 0.835. The van der Waals surface area contributed by atoms with Crippen molar-refractivity contribution in [2.75, 3.05) is 5.75 Å². The van der Waals surface area contributed by atoms with E-state index in [1.54, 1.807) is 0 Å². The first-order valence-corrected chi connectivity index (χ1v) is 6.73. The van der Waals surface area contributed by atoms with Crippen LogP contribution in [0.25, 0.3) is 0 Å². The predicted molar refractivity (Wildman–Crippen MR) is 67.3 cm³/mol. The zero-order chi connectivity index (χ0) is 13.8. The zero-order valence-electron chi connectivity index (χ0n) is 10.4. The molecular formula is C12H17F3N2S. The minimum atomic E-state index is -4.40. The Labute approximate surface area is 109 Å². The highest BCUT2D eigenvalue weighted by atomic mass is 32.2. The number of nitrogens with zero attached hydrogens (tertiary/aromatic N) is 1. The van der Waals surface area contributed by atoms with Gasteiger partial charge in [-0.1, -0.05) is 19.9 Å². The Bertz CT molecular complexity index is 391. The molecule has 0 bridgehead atoms. The average molecular weight is 278 g/mol. The van der Waals surface area contributed by atoms with Gasteiger partial charge in [-0.05, 0) is 29.7 Å². The van der Waals surface area contributed by atoms with Crippen LogP contribution in [-0.2, 0) is 12.7 Å². The maximum Gasteiger partial charge on any atom is 0.433 e. The van der Waals surface area contributed by atoms with E-state index in [9.17, 15) is 13.2 Å². The van der Waals surface area contributed by atoms with E-state index in [4.69, 9.17) is 5.73 Å². The van der Waals surface area contributed by atoms with E-state index >= 15 is 0 Å². The highest BCUT2D eigenvalue weighted by Gasteiger charge is 2.32. The first-order chi connectivity index (χ1) is 8.34. The Morgan fingerprint density at radius 3 is 2.50 bits per heavy atom. The van der Waals surface area contributed by atoms with Gasteiger partial charge >= 0.3 is 6.18 Å². The summed E-state index contributed by atoms with van der Waals surface area (Å²) in [5.41, 5.74) is 5.32. The molecule has 0 unspecified atom stereocenters. The van der Waals surface area contributed by atoms with E-state index in [1.807, 2.05) is 0 Å². The number of thioether (sulfide) groups is 1. The van der Waals surface area contributed by atoms with Gasteiger partial charge in [0, 0.05) is 6.54 Å². The Morgan fingerprint density at radius 2 is 2.00 bits per heavy atom. The van der Waals surface area contributed by atoms with E-state index in [0.29, 0.717) is 16.5 Å². The lowest BCUT2D eigenvalue weighted by Crippen LogP contribution is -2.10. The van der Waals surface area contributed by atoms with Crippen LogP contribution in [0.15, 0.2) is 17.2 Å². The Kier molecular flexibility index (Phi) is 5.47. The average Bonchev–Trinajstić information content (AvgIpc) is 2.27. The lowest BCUT2D eigenvalue weighted by atomic mass is 10.2. The Balaban J connectivity index is 2.86. The van der Waals surface area contributed by atoms with Gasteiger partial charge in [-0.3, -0.25) is 0 Å². The molecule has 0 fully saturated rings. The number of hydrogen-bond acceptors (Lipinski definition) is 3. The normalized spacial score (nSPS) is 12.2. The molecule has 0 saturated carbocycles. The number of rotatable bonds is 5. The minimum Gasteiger partial charge on any atom is -0.326 e. The van der Waals surface area contributed by atoms with E-state index < -0.39 is 11.9 Å². The van der Waals surface area contributed by atoms with Crippen LogP contribution in [0, 0.1) is 5.92 Å². The van der Waals surface area contributed by atoms with Crippen molar-refractivity contribution >= 4 is 11.8 Å². The monoisotopic (exact) mass is 278 g/mol. The molecule has 0 aliphatic rings. The third kappa shape index (κ3) is 4.49. The molecule has 0 aliphatic heterocycles. The highest BCUT2D eigenvalue weighted by Crippen LogP contribution is 2.31. The van der Waals surface area contributed by atoms with Crippen molar-refractivity contribution in [1.82, 2.24) is 4.98 Å². The summed E-state index contributed by atoms with van der Waals surface area (Å²) in [6.45, 7) is 4.35. The molecule has 0 radical (unpaired) electrons. The molecular weight excluding hydrogens is 261 g/mol. The summed E-state index contributed by atoms with van der Waals surface area (Å²) < 4.78 is 37.7. The lowest BCUT2D eigenvalue weighted by molar-refractivity contribution is -0.141. The summed E-state index contributed by atoms with van der Waals surface area (Å²) in [7, 11) is 0. The van der Waals surface area contributed by atoms with Crippen molar-refractivity contribution in [2.24, 2.45) is 11.7 Å². The molecule has 1 rings (SSSR count). The van der Waals surface area contributed by atoms with E-state index in [-0.39, 0.29) is 6.54 Å². The molecule has 0 aliphatic carbocycles. The molecule has 0 saturated heterocycles. The molecule has 1 aromatic rings. The van der Waals surface area contributed by atoms with Crippen LogP contribution in [0.5, 0.6) is 0 Å². The van der Waals surface area contributed by atoms with Crippen LogP contribution >= 0.6 is 11.8 Å². The fourth-order valence-electron chi connectivity index (χ4n) is 1.30. The minimum absolute atomic E-state index is 0.204. The molecule has 102 valence electrons. The standard InChI is InChI=1S/C12H17F3N2S/c1-8(2)5-6-18-11-9(7-16)3-4-10(17-11)12(13,14)15/h3-4,8H,5-7,16H2,1-2H3. The maximum atomic E-state index is 12.6. The van der Waals surface area contributed by atoms with Gasteiger partial charge in [-0.15, -0.1) is 11.8 Å². The van der Waals surface area contributed by atoms with Gasteiger partial charge < -0.3 is 5.73 Å². The van der Waals surface area contributed by atoms with E-state index in [1.165, 1.54) is 17.8 Å². The molecule has 0 amide bonds. The summed E-state index contributed by atoms with van der Waals surface area (Å²) in [5.74, 6) is 1.27. The number of nitrogens with two attached hydrogens (primary N) is 1. The second-order valence-electron chi connectivity index (χ2n) is 4.39. The Hall–Kier alpha value is -0.750. The topological polar surface area (TPSA) is 38.9 Å². The highest BCUT2D eigenvalue weighted by molar-refractivity contribution is 7.99. The fourth-order valence-corrected chi connectivity index (χ4v) is 2.58. The molecule has 18 heavy (non-hydrogen) atoms. The van der Waals surface area contributed by atoms with Crippen LogP contribution in [0.4, 0.5) is 13.2 Å². The summed E-state index contributed by atoms with van der Waals surface area (Å²) in [6, 6.07) is 2.39. The van der Waals surface area contributed by atoms with Crippen LogP contribution in [0.2, 0.25) is 0 Å². The zero-order valence-corrected chi connectivity index (χ0v) is 11.2. The molecule has 2 N–H and O–H groups in total. The third-order valence-electron chi connectivity index (χ3n) is 2.38. The van der Waals surface area contributed by atoms with Gasteiger partial charge in [-0.2, -0.15) is 13.2 Å². The van der Waals surface area contributed by atoms with Gasteiger partial charge in [0.2, 0.25) is 0 Å². The van der Waals surface area contributed by atoms with Crippen LogP contribution in [0.3, 0.4) is 0 Å². The summed E-state index contributed by atoms with van der Waals surface area (Å²) in [4.78, 5) is 3.67. The number of aromatic nitrogens is 1. The first-order valence-electron chi connectivity index (χ1n) is 5.74. The fraction of sp³-hybridized carbons (Fsp3) is 0.583. The van der Waals surface area contributed by atoms with Gasteiger partial charge in [-0.25, -0.2) is 4.98 Å². The molecule has 0 aromatic carbocycles. The van der Waals surface area contributed by atoms with E-state index in [2.05, 4.69) is 18.8 Å². The van der Waals surface area contributed by atoms with Crippen molar-refractivity contribution in [3.05, 3.63) is 23.4 Å². The van der Waals surface area contributed by atoms with Gasteiger partial charge in [0.1, 0.15) is 10.7 Å². The predicted octanol–water partition coefficient (Wildman–Crippen LogP) is 3.70. The van der Waals surface area contributed by atoms with Crippen LogP contribution in [0.1, 0.15) is 31.5 Å². The number of hydrogen-bond donors (Lipinski definition) is 1. The summed E-state index contributed by atoms with van der Waals surface area (Å²) in [5, 5.41) is 0.396. The second kappa shape index (κ2) is 6.43.